The summed E-state index contributed by atoms with van der Waals surface area (Å²) in [6.07, 6.45) is 0. The number of carbonyl (C=O) groups excluding carboxylic acids is 1. The number of sulfonamides is 1. The molecule has 0 unspecified atom stereocenters. The summed E-state index contributed by atoms with van der Waals surface area (Å²) in [7, 11) is -2.60. The molecule has 0 radical (unpaired) electrons. The highest BCUT2D eigenvalue weighted by atomic mass is 35.5. The summed E-state index contributed by atoms with van der Waals surface area (Å²) in [4.78, 5) is 11.2. The van der Waals surface area contributed by atoms with E-state index in [9.17, 15) is 13.2 Å². The maximum atomic E-state index is 11.8. The molecule has 1 aromatic rings. The van der Waals surface area contributed by atoms with E-state index in [-0.39, 0.29) is 27.0 Å². The minimum Gasteiger partial charge on any atom is -0.465 e. The molecule has 0 saturated heterocycles. The van der Waals surface area contributed by atoms with Crippen LogP contribution in [0, 0.1) is 0 Å². The molecule has 18 heavy (non-hydrogen) atoms. The monoisotopic (exact) mass is 311 g/mol. The van der Waals surface area contributed by atoms with Gasteiger partial charge in [0.1, 0.15) is 4.90 Å². The molecule has 0 aliphatic heterocycles. The number of esters is 1. The van der Waals surface area contributed by atoms with Gasteiger partial charge in [0.15, 0.2) is 0 Å². The lowest BCUT2D eigenvalue weighted by Crippen LogP contribution is -2.24. The second-order valence-electron chi connectivity index (χ2n) is 3.26. The van der Waals surface area contributed by atoms with Crippen LogP contribution in [0.5, 0.6) is 0 Å². The van der Waals surface area contributed by atoms with Gasteiger partial charge in [-0.15, -0.1) is 0 Å². The van der Waals surface area contributed by atoms with Crippen LogP contribution in [0.15, 0.2) is 17.0 Å². The van der Waals surface area contributed by atoms with E-state index in [1.807, 2.05) is 0 Å². The summed E-state index contributed by atoms with van der Waals surface area (Å²) in [5.74, 6) is -0.732. The maximum absolute atomic E-state index is 11.8. The number of methoxy groups -OCH3 is 1. The van der Waals surface area contributed by atoms with Gasteiger partial charge in [-0.3, -0.25) is 0 Å². The molecule has 0 saturated carbocycles. The number of hydrogen-bond donors (Lipinski definition) is 1. The lowest BCUT2D eigenvalue weighted by Gasteiger charge is -2.09. The minimum atomic E-state index is -3.77. The Kier molecular flexibility index (Phi) is 4.98. The Bertz CT molecular complexity index is 571. The first-order valence-electron chi connectivity index (χ1n) is 4.90. The third-order valence-corrected chi connectivity index (χ3v) is 4.37. The molecule has 0 aliphatic rings. The van der Waals surface area contributed by atoms with E-state index in [2.05, 4.69) is 9.46 Å². The summed E-state index contributed by atoms with van der Waals surface area (Å²) < 4.78 is 30.5. The van der Waals surface area contributed by atoms with Gasteiger partial charge in [0.25, 0.3) is 0 Å². The van der Waals surface area contributed by atoms with Crippen LogP contribution in [-0.4, -0.2) is 28.0 Å². The van der Waals surface area contributed by atoms with Gasteiger partial charge < -0.3 is 4.74 Å². The highest BCUT2D eigenvalue weighted by Crippen LogP contribution is 2.29. The summed E-state index contributed by atoms with van der Waals surface area (Å²) >= 11 is 11.6. The molecule has 8 heteroatoms. The Hall–Kier alpha value is -0.820. The number of benzene rings is 1. The molecule has 0 heterocycles. The zero-order chi connectivity index (χ0) is 13.9. The van der Waals surface area contributed by atoms with E-state index in [0.717, 1.165) is 6.07 Å². The second-order valence-corrected chi connectivity index (χ2v) is 5.81. The lowest BCUT2D eigenvalue weighted by molar-refractivity contribution is 0.0600. The van der Waals surface area contributed by atoms with Gasteiger partial charge in [0.2, 0.25) is 10.0 Å². The van der Waals surface area contributed by atoms with Gasteiger partial charge >= 0.3 is 5.97 Å². The average molecular weight is 312 g/mol. The van der Waals surface area contributed by atoms with Gasteiger partial charge in [0, 0.05) is 6.54 Å². The van der Waals surface area contributed by atoms with Crippen LogP contribution in [0.4, 0.5) is 0 Å². The molecule has 0 bridgehead atoms. The van der Waals surface area contributed by atoms with Crippen LogP contribution in [0.2, 0.25) is 10.0 Å². The van der Waals surface area contributed by atoms with Crippen molar-refractivity contribution in [1.29, 1.82) is 0 Å². The molecule has 1 rings (SSSR count). The first-order chi connectivity index (χ1) is 8.33. The van der Waals surface area contributed by atoms with E-state index < -0.39 is 16.0 Å². The van der Waals surface area contributed by atoms with Crippen molar-refractivity contribution in [2.45, 2.75) is 11.8 Å². The van der Waals surface area contributed by atoms with Gasteiger partial charge in [-0.05, 0) is 12.1 Å². The van der Waals surface area contributed by atoms with Crippen LogP contribution in [0.25, 0.3) is 0 Å². The first-order valence-corrected chi connectivity index (χ1v) is 7.14. The first kappa shape index (κ1) is 15.2. The Morgan fingerprint density at radius 2 is 1.94 bits per heavy atom. The van der Waals surface area contributed by atoms with E-state index in [4.69, 9.17) is 23.2 Å². The molecule has 0 aliphatic carbocycles. The van der Waals surface area contributed by atoms with Gasteiger partial charge in [0.05, 0.1) is 22.7 Å². The van der Waals surface area contributed by atoms with E-state index in [1.165, 1.54) is 13.2 Å². The van der Waals surface area contributed by atoms with Crippen molar-refractivity contribution < 1.29 is 17.9 Å². The highest BCUT2D eigenvalue weighted by molar-refractivity contribution is 7.89. The normalized spacial score (nSPS) is 11.3. The molecule has 1 aromatic carbocycles. The van der Waals surface area contributed by atoms with E-state index >= 15 is 0 Å². The SMILES string of the molecule is CCNS(=O)(=O)c1cc(C(=O)OC)c(Cl)cc1Cl. The predicted molar refractivity (Wildman–Crippen MR) is 68.7 cm³/mol. The van der Waals surface area contributed by atoms with E-state index in [1.54, 1.807) is 6.92 Å². The minimum absolute atomic E-state index is 0.0299. The number of carbonyl (C=O) groups is 1. The third-order valence-electron chi connectivity index (χ3n) is 2.05. The molecule has 0 fully saturated rings. The zero-order valence-electron chi connectivity index (χ0n) is 9.66. The van der Waals surface area contributed by atoms with Crippen molar-refractivity contribution in [2.75, 3.05) is 13.7 Å². The molecular weight excluding hydrogens is 301 g/mol. The molecule has 1 N–H and O–H groups in total. The quantitative estimate of drug-likeness (QED) is 0.864. The summed E-state index contributed by atoms with van der Waals surface area (Å²) in [6.45, 7) is 1.83. The Balaban J connectivity index is 3.43. The number of nitrogens with one attached hydrogen (secondary N) is 1. The maximum Gasteiger partial charge on any atom is 0.339 e. The summed E-state index contributed by atoms with van der Waals surface area (Å²) in [6, 6.07) is 2.29. The second kappa shape index (κ2) is 5.88. The van der Waals surface area contributed by atoms with Gasteiger partial charge in [-0.1, -0.05) is 30.1 Å². The molecule has 100 valence electrons. The standard InChI is InChI=1S/C10H11Cl2NO4S/c1-3-13-18(15,16)9-4-6(10(14)17-2)7(11)5-8(9)12/h4-5,13H,3H2,1-2H3. The average Bonchev–Trinajstić information content (AvgIpc) is 2.27. The van der Waals surface area contributed by atoms with Crippen LogP contribution in [0.3, 0.4) is 0 Å². The van der Waals surface area contributed by atoms with Gasteiger partial charge in [-0.2, -0.15) is 0 Å². The van der Waals surface area contributed by atoms with Crippen molar-refractivity contribution >= 4 is 39.2 Å². The fourth-order valence-corrected chi connectivity index (χ4v) is 3.16. The largest absolute Gasteiger partial charge is 0.465 e. The summed E-state index contributed by atoms with van der Waals surface area (Å²) in [5, 5.41) is -0.0316. The van der Waals surface area contributed by atoms with Crippen molar-refractivity contribution in [3.05, 3.63) is 27.7 Å². The Morgan fingerprint density at radius 1 is 1.33 bits per heavy atom. The molecule has 5 nitrogen and oxygen atoms in total. The zero-order valence-corrected chi connectivity index (χ0v) is 12.0. The van der Waals surface area contributed by atoms with Crippen LogP contribution >= 0.6 is 23.2 Å². The fourth-order valence-electron chi connectivity index (χ4n) is 1.27. The molecule has 0 atom stereocenters. The number of rotatable bonds is 4. The van der Waals surface area contributed by atoms with Crippen LogP contribution in [-0.2, 0) is 14.8 Å². The van der Waals surface area contributed by atoms with Crippen LogP contribution in [0.1, 0.15) is 17.3 Å². The highest BCUT2D eigenvalue weighted by Gasteiger charge is 2.22. The molecule has 0 aromatic heterocycles. The third kappa shape index (κ3) is 3.14. The van der Waals surface area contributed by atoms with Crippen LogP contribution < -0.4 is 4.72 Å². The Labute approximate surface area is 115 Å². The Morgan fingerprint density at radius 3 is 2.44 bits per heavy atom. The van der Waals surface area contributed by atoms with Gasteiger partial charge in [-0.25, -0.2) is 17.9 Å². The topological polar surface area (TPSA) is 72.5 Å². The van der Waals surface area contributed by atoms with Crippen molar-refractivity contribution in [2.24, 2.45) is 0 Å². The summed E-state index contributed by atoms with van der Waals surface area (Å²) in [5.41, 5.74) is -0.0555. The van der Waals surface area contributed by atoms with E-state index in [0.29, 0.717) is 0 Å². The lowest BCUT2D eigenvalue weighted by atomic mass is 10.2. The number of halogens is 2. The number of ether oxygens (including phenoxy) is 1. The predicted octanol–water partition coefficient (Wildman–Crippen LogP) is 2.08. The number of hydrogen-bond acceptors (Lipinski definition) is 4. The van der Waals surface area contributed by atoms with Crippen molar-refractivity contribution in [3.63, 3.8) is 0 Å². The molecule has 0 amide bonds. The molecule has 0 spiro atoms. The van der Waals surface area contributed by atoms with Crippen molar-refractivity contribution in [3.8, 4) is 0 Å². The fraction of sp³-hybridized carbons (Fsp3) is 0.300. The molecular formula is C10H11Cl2NO4S. The van der Waals surface area contributed by atoms with Crippen molar-refractivity contribution in [1.82, 2.24) is 4.72 Å². The smallest absolute Gasteiger partial charge is 0.339 e.